The Morgan fingerprint density at radius 1 is 1.03 bits per heavy atom. The Morgan fingerprint density at radius 3 is 2.52 bits per heavy atom. The second-order valence-corrected chi connectivity index (χ2v) is 7.84. The lowest BCUT2D eigenvalue weighted by Gasteiger charge is -2.10. The first-order valence-electron chi connectivity index (χ1n) is 10.2. The highest BCUT2D eigenvalue weighted by molar-refractivity contribution is 6.37. The molecule has 0 atom stereocenters. The van der Waals surface area contributed by atoms with Gasteiger partial charge in [0.1, 0.15) is 17.9 Å². The third-order valence-corrected chi connectivity index (χ3v) is 5.21. The van der Waals surface area contributed by atoms with Gasteiger partial charge >= 0.3 is 5.91 Å². The summed E-state index contributed by atoms with van der Waals surface area (Å²) in [6, 6.07) is 20.0. The van der Waals surface area contributed by atoms with E-state index in [1.165, 1.54) is 6.21 Å². The average Bonchev–Trinajstić information content (AvgIpc) is 3.23. The van der Waals surface area contributed by atoms with Gasteiger partial charge in [0.15, 0.2) is 11.5 Å². The van der Waals surface area contributed by atoms with Crippen LogP contribution in [0.5, 0.6) is 11.5 Å². The van der Waals surface area contributed by atoms with E-state index >= 15 is 0 Å². The Kier molecular flexibility index (Phi) is 7.17. The summed E-state index contributed by atoms with van der Waals surface area (Å²) in [7, 11) is 0. The van der Waals surface area contributed by atoms with Gasteiger partial charge in [-0.2, -0.15) is 5.10 Å². The lowest BCUT2D eigenvalue weighted by atomic mass is 10.2. The predicted molar refractivity (Wildman–Crippen MR) is 130 cm³/mol. The monoisotopic (exact) mass is 482 g/mol. The summed E-state index contributed by atoms with van der Waals surface area (Å²) in [5.74, 6) is 0.745. The van der Waals surface area contributed by atoms with Crippen molar-refractivity contribution >= 4 is 46.3 Å². The Balaban J connectivity index is 1.40. The number of furan rings is 1. The molecule has 0 saturated carbocycles. The van der Waals surface area contributed by atoms with Gasteiger partial charge in [-0.3, -0.25) is 4.79 Å². The fourth-order valence-electron chi connectivity index (χ4n) is 3.13. The number of hydrogen-bond acceptors (Lipinski definition) is 5. The maximum atomic E-state index is 12.4. The maximum absolute atomic E-state index is 12.4. The lowest BCUT2D eigenvalue weighted by molar-refractivity contribution is 0.0929. The van der Waals surface area contributed by atoms with Crippen LogP contribution < -0.4 is 14.9 Å². The highest BCUT2D eigenvalue weighted by Crippen LogP contribution is 2.34. The number of ether oxygens (including phenoxy) is 2. The van der Waals surface area contributed by atoms with Gasteiger partial charge in [-0.05, 0) is 54.4 Å². The van der Waals surface area contributed by atoms with Crippen molar-refractivity contribution in [1.82, 2.24) is 5.43 Å². The first-order chi connectivity index (χ1) is 16.0. The number of nitrogens with one attached hydrogen (secondary N) is 1. The van der Waals surface area contributed by atoms with Crippen molar-refractivity contribution in [3.05, 3.63) is 93.7 Å². The minimum Gasteiger partial charge on any atom is -0.494 e. The molecule has 0 saturated heterocycles. The van der Waals surface area contributed by atoms with E-state index in [0.29, 0.717) is 45.9 Å². The van der Waals surface area contributed by atoms with Gasteiger partial charge in [0.2, 0.25) is 0 Å². The normalized spacial score (nSPS) is 11.1. The summed E-state index contributed by atoms with van der Waals surface area (Å²) in [6.45, 7) is 2.80. The van der Waals surface area contributed by atoms with Crippen LogP contribution in [0.4, 0.5) is 0 Å². The van der Waals surface area contributed by atoms with Crippen LogP contribution in [0.3, 0.4) is 0 Å². The van der Waals surface area contributed by atoms with E-state index in [1.54, 1.807) is 30.3 Å². The summed E-state index contributed by atoms with van der Waals surface area (Å²) in [4.78, 5) is 12.4. The van der Waals surface area contributed by atoms with E-state index in [9.17, 15) is 4.79 Å². The number of benzene rings is 3. The molecule has 4 rings (SSSR count). The van der Waals surface area contributed by atoms with Crippen molar-refractivity contribution in [2.45, 2.75) is 13.5 Å². The molecule has 1 N–H and O–H groups in total. The standard InChI is InChI=1S/C25H20Cl2N2O4/c1-2-31-19-8-9-22-18(12-19)13-23(33-22)25(30)29-28-14-17-10-20(26)24(21(27)11-17)32-15-16-6-4-3-5-7-16/h3-14H,2,15H2,1H3,(H,29,30)/b28-14+. The van der Waals surface area contributed by atoms with E-state index in [2.05, 4.69) is 10.5 Å². The molecule has 0 spiro atoms. The summed E-state index contributed by atoms with van der Waals surface area (Å²) in [5.41, 5.74) is 4.62. The molecule has 6 nitrogen and oxygen atoms in total. The Bertz CT molecular complexity index is 1280. The Morgan fingerprint density at radius 2 is 1.79 bits per heavy atom. The van der Waals surface area contributed by atoms with Crippen molar-refractivity contribution in [3.8, 4) is 11.5 Å². The summed E-state index contributed by atoms with van der Waals surface area (Å²) >= 11 is 12.7. The minimum absolute atomic E-state index is 0.136. The van der Waals surface area contributed by atoms with Crippen molar-refractivity contribution in [3.63, 3.8) is 0 Å². The van der Waals surface area contributed by atoms with Gasteiger partial charge in [-0.1, -0.05) is 53.5 Å². The molecule has 1 aromatic heterocycles. The van der Waals surface area contributed by atoms with Gasteiger partial charge in [-0.25, -0.2) is 5.43 Å². The molecule has 168 valence electrons. The molecule has 3 aromatic carbocycles. The molecule has 1 heterocycles. The highest BCUT2D eigenvalue weighted by atomic mass is 35.5. The fourth-order valence-corrected chi connectivity index (χ4v) is 3.75. The first-order valence-corrected chi connectivity index (χ1v) is 10.9. The van der Waals surface area contributed by atoms with Crippen molar-refractivity contribution < 1.29 is 18.7 Å². The number of nitrogens with zero attached hydrogens (tertiary/aromatic N) is 1. The molecule has 0 aliphatic carbocycles. The Labute approximate surface area is 200 Å². The van der Waals surface area contributed by atoms with E-state index in [-0.39, 0.29) is 5.76 Å². The molecule has 0 aliphatic rings. The molecule has 0 fully saturated rings. The maximum Gasteiger partial charge on any atom is 0.307 e. The molecule has 0 aliphatic heterocycles. The SMILES string of the molecule is CCOc1ccc2oc(C(=O)N/N=C/c3cc(Cl)c(OCc4ccccc4)c(Cl)c3)cc2c1. The van der Waals surface area contributed by atoms with Gasteiger partial charge < -0.3 is 13.9 Å². The summed E-state index contributed by atoms with van der Waals surface area (Å²) in [5, 5.41) is 5.42. The third-order valence-electron chi connectivity index (χ3n) is 4.65. The Hall–Kier alpha value is -3.48. The van der Waals surface area contributed by atoms with E-state index < -0.39 is 5.91 Å². The number of rotatable bonds is 8. The van der Waals surface area contributed by atoms with Crippen LogP contribution in [0.15, 0.2) is 76.2 Å². The van der Waals surface area contributed by atoms with Gasteiger partial charge in [-0.15, -0.1) is 0 Å². The van der Waals surface area contributed by atoms with E-state index in [1.807, 2.05) is 43.3 Å². The molecule has 8 heteroatoms. The number of hydrazone groups is 1. The molecule has 4 aromatic rings. The third kappa shape index (κ3) is 5.66. The van der Waals surface area contributed by atoms with Crippen LogP contribution >= 0.6 is 23.2 Å². The van der Waals surface area contributed by atoms with Crippen molar-refractivity contribution in [1.29, 1.82) is 0 Å². The number of halogens is 2. The quantitative estimate of drug-likeness (QED) is 0.230. The molecule has 0 radical (unpaired) electrons. The second-order valence-electron chi connectivity index (χ2n) is 7.03. The molecule has 1 amide bonds. The average molecular weight is 483 g/mol. The van der Waals surface area contributed by atoms with Gasteiger partial charge in [0.25, 0.3) is 0 Å². The van der Waals surface area contributed by atoms with Crippen LogP contribution in [-0.2, 0) is 6.61 Å². The topological polar surface area (TPSA) is 73.1 Å². The predicted octanol–water partition coefficient (Wildman–Crippen LogP) is 6.48. The van der Waals surface area contributed by atoms with Gasteiger partial charge in [0.05, 0.1) is 22.9 Å². The zero-order valence-electron chi connectivity index (χ0n) is 17.7. The molecule has 33 heavy (non-hydrogen) atoms. The molecule has 0 unspecified atom stereocenters. The van der Waals surface area contributed by atoms with Crippen LogP contribution in [0.2, 0.25) is 10.0 Å². The first kappa shape index (κ1) is 22.7. The number of amides is 1. The van der Waals surface area contributed by atoms with Crippen LogP contribution in [0, 0.1) is 0 Å². The smallest absolute Gasteiger partial charge is 0.307 e. The minimum atomic E-state index is -0.486. The molecular weight excluding hydrogens is 463 g/mol. The van der Waals surface area contributed by atoms with Crippen molar-refractivity contribution in [2.75, 3.05) is 6.61 Å². The largest absolute Gasteiger partial charge is 0.494 e. The highest BCUT2D eigenvalue weighted by Gasteiger charge is 2.13. The zero-order valence-corrected chi connectivity index (χ0v) is 19.2. The number of carbonyl (C=O) groups is 1. The second kappa shape index (κ2) is 10.4. The van der Waals surface area contributed by atoms with Crippen LogP contribution in [0.1, 0.15) is 28.6 Å². The molecule has 0 bridgehead atoms. The summed E-state index contributed by atoms with van der Waals surface area (Å²) in [6.07, 6.45) is 1.44. The number of fused-ring (bicyclic) bond motifs is 1. The number of carbonyl (C=O) groups excluding carboxylic acids is 1. The van der Waals surface area contributed by atoms with Crippen LogP contribution in [-0.4, -0.2) is 18.7 Å². The fraction of sp³-hybridized carbons (Fsp3) is 0.120. The molecular formula is C25H20Cl2N2O4. The van der Waals surface area contributed by atoms with Crippen LogP contribution in [0.25, 0.3) is 11.0 Å². The zero-order chi connectivity index (χ0) is 23.2. The number of hydrogen-bond donors (Lipinski definition) is 1. The van der Waals surface area contributed by atoms with Gasteiger partial charge in [0, 0.05) is 5.39 Å². The van der Waals surface area contributed by atoms with Crippen molar-refractivity contribution in [2.24, 2.45) is 5.10 Å². The lowest BCUT2D eigenvalue weighted by Crippen LogP contribution is -2.16. The van der Waals surface area contributed by atoms with E-state index in [0.717, 1.165) is 10.9 Å². The summed E-state index contributed by atoms with van der Waals surface area (Å²) < 4.78 is 16.8. The van der Waals surface area contributed by atoms with E-state index in [4.69, 9.17) is 37.1 Å².